The van der Waals surface area contributed by atoms with Crippen molar-refractivity contribution >= 4 is 43.5 Å². The van der Waals surface area contributed by atoms with Crippen molar-refractivity contribution in [2.75, 3.05) is 0 Å². The molecule has 0 aliphatic carbocycles. The van der Waals surface area contributed by atoms with Crippen molar-refractivity contribution < 1.29 is 31.8 Å². The summed E-state index contributed by atoms with van der Waals surface area (Å²) in [5.74, 6) is 0. The van der Waals surface area contributed by atoms with E-state index < -0.39 is 143 Å². The number of hydrogen-bond donors (Lipinski definition) is 0. The highest BCUT2D eigenvalue weighted by Gasteiger charge is 2.21. The van der Waals surface area contributed by atoms with Crippen molar-refractivity contribution in [2.24, 2.45) is 0 Å². The van der Waals surface area contributed by atoms with Gasteiger partial charge in [0, 0.05) is 10.8 Å². The van der Waals surface area contributed by atoms with Crippen molar-refractivity contribution in [1.29, 1.82) is 0 Å². The van der Waals surface area contributed by atoms with E-state index in [-0.39, 0.29) is 65.7 Å². The Hall–Kier alpha value is -5.92. The molecule has 0 aliphatic rings. The van der Waals surface area contributed by atoms with Gasteiger partial charge in [-0.25, -0.2) is 0 Å². The van der Waals surface area contributed by atoms with E-state index in [4.69, 9.17) is 26.3 Å². The van der Waals surface area contributed by atoms with Crippen molar-refractivity contribution in [3.63, 3.8) is 0 Å². The number of hydrogen-bond acceptors (Lipinski definition) is 1. The summed E-state index contributed by atoms with van der Waals surface area (Å²) in [4.78, 5) is 0. The fraction of sp³-hybridized carbons (Fsp3) is 0. The molecule has 1 aromatic heterocycles. The normalized spacial score (nSPS) is 17.8. The van der Waals surface area contributed by atoms with Crippen LogP contribution in [-0.2, 0) is 0 Å². The molecule has 9 rings (SSSR count). The molecule has 8 aromatic carbocycles. The van der Waals surface area contributed by atoms with Crippen LogP contribution in [-0.4, -0.2) is 0 Å². The van der Waals surface area contributed by atoms with E-state index in [9.17, 15) is 5.48 Å². The monoisotopic (exact) mass is 592 g/mol. The Kier molecular flexibility index (Phi) is 2.90. The van der Waals surface area contributed by atoms with Crippen molar-refractivity contribution in [2.45, 2.75) is 0 Å². The molecule has 0 saturated carbocycles. The van der Waals surface area contributed by atoms with Crippen molar-refractivity contribution in [3.05, 3.63) is 169 Å². The Morgan fingerprint density at radius 2 is 0.911 bits per heavy atom. The molecule has 0 atom stereocenters. The molecule has 0 unspecified atom stereocenters. The highest BCUT2D eigenvalue weighted by Crippen LogP contribution is 2.48. The summed E-state index contributed by atoms with van der Waals surface area (Å²) in [7, 11) is 0. The third-order valence-corrected chi connectivity index (χ3v) is 7.63. The molecule has 0 spiro atoms. The van der Waals surface area contributed by atoms with Crippen LogP contribution in [0.4, 0.5) is 0 Å². The maximum Gasteiger partial charge on any atom is 0.136 e. The van der Waals surface area contributed by atoms with Crippen LogP contribution in [0.1, 0.15) is 27.4 Å². The first-order valence-electron chi connectivity index (χ1n) is 23.8. The summed E-state index contributed by atoms with van der Waals surface area (Å²) in [5, 5.41) is 0.492. The zero-order chi connectivity index (χ0) is 47.1. The van der Waals surface area contributed by atoms with Crippen LogP contribution in [0.25, 0.3) is 88.0 Å². The standard InChI is InChI=1S/C44H28O/c1-3-14-29(15-4-1)31-18-13-19-32(26-31)43-34-21-7-9-23-36(34)44(37-24-10-8-22-35(37)43)40-27-39-33-20-11-12-25-41(33)45-42(39)28-38(40)30-16-5-2-6-17-30/h1-28H/i1D,2D,3D,4D,5D,6D,11D,12D,13D,14D,15D,16D,17D,18D,19D,20D,25D,26D,27D,28D. The number of fused-ring (bicyclic) bond motifs is 5. The fourth-order valence-electron chi connectivity index (χ4n) is 5.78. The number of para-hydroxylation sites is 1. The molecule has 1 heterocycles. The smallest absolute Gasteiger partial charge is 0.136 e. The van der Waals surface area contributed by atoms with Gasteiger partial charge in [-0.2, -0.15) is 0 Å². The van der Waals surface area contributed by atoms with Gasteiger partial charge in [0.2, 0.25) is 0 Å². The molecule has 0 radical (unpaired) electrons. The third kappa shape index (κ3) is 4.17. The lowest BCUT2D eigenvalue weighted by atomic mass is 9.83. The molecule has 0 N–H and O–H groups in total. The molecule has 1 heteroatoms. The van der Waals surface area contributed by atoms with Crippen LogP contribution in [0, 0.1) is 0 Å². The summed E-state index contributed by atoms with van der Waals surface area (Å²) in [6, 6.07) is -0.723. The first-order valence-corrected chi connectivity index (χ1v) is 13.8. The molecular formula is C44H28O. The average molecular weight is 593 g/mol. The molecular weight excluding hydrogens is 544 g/mol. The number of benzene rings is 8. The molecule has 0 aliphatic heterocycles. The first kappa shape index (κ1) is 12.6. The topological polar surface area (TPSA) is 13.1 Å². The SMILES string of the molecule is [2H]c1c([2H])c([2H])c(-c2c([2H])c([2H])c([2H])c(-c3c4ccccc4c(-c4c(-c5c([2H])c([2H])c([2H])c([2H])c5[2H])c([2H])c5oc6c([2H])c([2H])c([2H])c([2H])c6c5c4[2H])c4ccccc34)c2[2H])c([2H])c1[2H]. The van der Waals surface area contributed by atoms with Gasteiger partial charge in [-0.3, -0.25) is 0 Å². The van der Waals surface area contributed by atoms with E-state index in [2.05, 4.69) is 0 Å². The second kappa shape index (κ2) is 10.4. The highest BCUT2D eigenvalue weighted by molar-refractivity contribution is 6.23. The number of rotatable bonds is 4. The lowest BCUT2D eigenvalue weighted by Gasteiger charge is -2.20. The Morgan fingerprint density at radius 3 is 1.60 bits per heavy atom. The van der Waals surface area contributed by atoms with E-state index in [1.165, 1.54) is 0 Å². The Balaban J connectivity index is 1.53. The van der Waals surface area contributed by atoms with Crippen LogP contribution in [0.5, 0.6) is 0 Å². The molecule has 9 aromatic rings. The van der Waals surface area contributed by atoms with Gasteiger partial charge >= 0.3 is 0 Å². The van der Waals surface area contributed by atoms with Gasteiger partial charge in [0.25, 0.3) is 0 Å². The molecule has 210 valence electrons. The van der Waals surface area contributed by atoms with Gasteiger partial charge < -0.3 is 4.42 Å². The first-order chi connectivity index (χ1) is 30.7. The van der Waals surface area contributed by atoms with Crippen LogP contribution >= 0.6 is 0 Å². The molecule has 45 heavy (non-hydrogen) atoms. The summed E-state index contributed by atoms with van der Waals surface area (Å²) in [6.45, 7) is 0. The average Bonchev–Trinajstić information content (AvgIpc) is 3.71. The summed E-state index contributed by atoms with van der Waals surface area (Å²) < 4.78 is 183. The van der Waals surface area contributed by atoms with E-state index in [1.54, 1.807) is 48.5 Å². The molecule has 0 fully saturated rings. The quantitative estimate of drug-likeness (QED) is 0.185. The largest absolute Gasteiger partial charge is 0.456 e. The van der Waals surface area contributed by atoms with E-state index in [0.29, 0.717) is 0 Å². The molecule has 0 bridgehead atoms. The van der Waals surface area contributed by atoms with Gasteiger partial charge in [-0.15, -0.1) is 0 Å². The summed E-state index contributed by atoms with van der Waals surface area (Å²) >= 11 is 0. The van der Waals surface area contributed by atoms with Crippen LogP contribution in [0.15, 0.2) is 174 Å². The van der Waals surface area contributed by atoms with Gasteiger partial charge in [0.15, 0.2) is 0 Å². The van der Waals surface area contributed by atoms with Crippen LogP contribution in [0.2, 0.25) is 0 Å². The van der Waals surface area contributed by atoms with Gasteiger partial charge in [-0.1, -0.05) is 145 Å². The fourth-order valence-corrected chi connectivity index (χ4v) is 5.78. The molecule has 1 nitrogen and oxygen atoms in total. The summed E-state index contributed by atoms with van der Waals surface area (Å²) in [6.07, 6.45) is 0. The molecule has 0 saturated heterocycles. The maximum absolute atomic E-state index is 10.0. The van der Waals surface area contributed by atoms with E-state index in [0.717, 1.165) is 0 Å². The van der Waals surface area contributed by atoms with Gasteiger partial charge in [-0.05, 0) is 90.2 Å². The van der Waals surface area contributed by atoms with Crippen molar-refractivity contribution in [1.82, 2.24) is 0 Å². The summed E-state index contributed by atoms with van der Waals surface area (Å²) in [5.41, 5.74) is -2.86. The zero-order valence-corrected chi connectivity index (χ0v) is 23.0. The molecule has 0 amide bonds. The lowest BCUT2D eigenvalue weighted by molar-refractivity contribution is 0.669. The minimum atomic E-state index is -0.753. The lowest BCUT2D eigenvalue weighted by Crippen LogP contribution is -1.93. The van der Waals surface area contributed by atoms with E-state index in [1.807, 2.05) is 0 Å². The maximum atomic E-state index is 10.0. The second-order valence-electron chi connectivity index (χ2n) is 10.1. The minimum absolute atomic E-state index is 0.128. The Morgan fingerprint density at radius 1 is 0.356 bits per heavy atom. The van der Waals surface area contributed by atoms with Crippen LogP contribution < -0.4 is 0 Å². The Bertz CT molecular complexity index is 3550. The predicted molar refractivity (Wildman–Crippen MR) is 190 cm³/mol. The zero-order valence-electron chi connectivity index (χ0n) is 43.0. The highest BCUT2D eigenvalue weighted by atomic mass is 16.3. The minimum Gasteiger partial charge on any atom is -0.456 e. The van der Waals surface area contributed by atoms with E-state index >= 15 is 0 Å². The second-order valence-corrected chi connectivity index (χ2v) is 10.1. The van der Waals surface area contributed by atoms with Crippen molar-refractivity contribution in [3.8, 4) is 44.5 Å². The van der Waals surface area contributed by atoms with Gasteiger partial charge in [0.1, 0.15) is 11.2 Å². The van der Waals surface area contributed by atoms with Crippen LogP contribution in [0.3, 0.4) is 0 Å². The van der Waals surface area contributed by atoms with Gasteiger partial charge in [0.05, 0.1) is 27.4 Å². The Labute approximate surface area is 289 Å². The number of furan rings is 1. The third-order valence-electron chi connectivity index (χ3n) is 7.63. The predicted octanol–water partition coefficient (Wildman–Crippen LogP) is 12.6.